The van der Waals surface area contributed by atoms with E-state index >= 15 is 0 Å². The van der Waals surface area contributed by atoms with Gasteiger partial charge in [-0.05, 0) is 43.9 Å². The number of amides is 1. The van der Waals surface area contributed by atoms with Gasteiger partial charge < -0.3 is 10.4 Å². The first-order valence-electron chi connectivity index (χ1n) is 6.09. The Morgan fingerprint density at radius 2 is 1.94 bits per heavy atom. The van der Waals surface area contributed by atoms with E-state index in [1.54, 1.807) is 6.07 Å². The summed E-state index contributed by atoms with van der Waals surface area (Å²) in [7, 11) is 0. The Hall–Kier alpha value is -1.84. The zero-order chi connectivity index (χ0) is 13.3. The number of rotatable bonds is 3. The molecule has 1 aromatic carbocycles. The fraction of sp³-hybridized carbons (Fsp3) is 0.429. The number of carboxylic acid groups (broad SMARTS) is 1. The summed E-state index contributed by atoms with van der Waals surface area (Å²) in [4.78, 5) is 22.7. The Morgan fingerprint density at radius 1 is 1.28 bits per heavy atom. The summed E-state index contributed by atoms with van der Waals surface area (Å²) in [6.07, 6.45) is 1.07. The molecule has 1 aliphatic carbocycles. The van der Waals surface area contributed by atoms with Gasteiger partial charge in [0.25, 0.3) is 5.91 Å². The highest BCUT2D eigenvalue weighted by Gasteiger charge is 2.35. The molecule has 1 amide bonds. The molecule has 0 saturated heterocycles. The minimum atomic E-state index is -0.771. The normalized spacial score (nSPS) is 22.1. The molecule has 2 N–H and O–H groups in total. The van der Waals surface area contributed by atoms with Crippen molar-refractivity contribution in [3.8, 4) is 0 Å². The minimum absolute atomic E-state index is 0.00138. The van der Waals surface area contributed by atoms with Crippen LogP contribution >= 0.6 is 0 Å². The van der Waals surface area contributed by atoms with Crippen LogP contribution in [0.2, 0.25) is 0 Å². The summed E-state index contributed by atoms with van der Waals surface area (Å²) in [6.45, 7) is 3.89. The molecule has 0 atom stereocenters. The van der Waals surface area contributed by atoms with Crippen LogP contribution in [0.1, 0.15) is 34.3 Å². The highest BCUT2D eigenvalue weighted by Crippen LogP contribution is 2.27. The number of benzene rings is 1. The van der Waals surface area contributed by atoms with Gasteiger partial charge in [-0.2, -0.15) is 0 Å². The van der Waals surface area contributed by atoms with Crippen molar-refractivity contribution >= 4 is 11.9 Å². The van der Waals surface area contributed by atoms with Gasteiger partial charge >= 0.3 is 5.97 Å². The summed E-state index contributed by atoms with van der Waals surface area (Å²) < 4.78 is 0. The number of hydrogen-bond donors (Lipinski definition) is 2. The number of hydrogen-bond acceptors (Lipinski definition) is 2. The van der Waals surface area contributed by atoms with Crippen LogP contribution in [0, 0.1) is 19.8 Å². The Labute approximate surface area is 106 Å². The number of aliphatic carboxylic acids is 1. The van der Waals surface area contributed by atoms with E-state index in [9.17, 15) is 9.59 Å². The lowest BCUT2D eigenvalue weighted by Crippen LogP contribution is -2.46. The van der Waals surface area contributed by atoms with E-state index in [0.29, 0.717) is 18.4 Å². The average molecular weight is 247 g/mol. The molecular formula is C14H17NO3. The molecule has 0 bridgehead atoms. The van der Waals surface area contributed by atoms with E-state index in [-0.39, 0.29) is 17.9 Å². The van der Waals surface area contributed by atoms with Crippen molar-refractivity contribution in [3.63, 3.8) is 0 Å². The van der Waals surface area contributed by atoms with Gasteiger partial charge in [0.2, 0.25) is 0 Å². The molecule has 4 heteroatoms. The first kappa shape index (κ1) is 12.6. The van der Waals surface area contributed by atoms with Crippen LogP contribution in [0.3, 0.4) is 0 Å². The quantitative estimate of drug-likeness (QED) is 0.857. The molecule has 1 aromatic rings. The molecule has 4 nitrogen and oxygen atoms in total. The van der Waals surface area contributed by atoms with Crippen molar-refractivity contribution in [1.29, 1.82) is 0 Å². The fourth-order valence-corrected chi connectivity index (χ4v) is 2.20. The standard InChI is InChI=1S/C14H17NO3/c1-8-4-3-5-12(9(8)2)13(16)15-11-6-10(7-11)14(17)18/h3-5,10-11H,6-7H2,1-2H3,(H,15,16)(H,17,18). The first-order valence-corrected chi connectivity index (χ1v) is 6.09. The smallest absolute Gasteiger partial charge is 0.306 e. The Morgan fingerprint density at radius 3 is 2.56 bits per heavy atom. The topological polar surface area (TPSA) is 66.4 Å². The third-order valence-electron chi connectivity index (χ3n) is 3.67. The predicted molar refractivity (Wildman–Crippen MR) is 67.5 cm³/mol. The van der Waals surface area contributed by atoms with Crippen LogP contribution < -0.4 is 5.32 Å². The number of carbonyl (C=O) groups is 2. The van der Waals surface area contributed by atoms with Gasteiger partial charge in [-0.25, -0.2) is 0 Å². The van der Waals surface area contributed by atoms with Crippen molar-refractivity contribution in [2.24, 2.45) is 5.92 Å². The molecule has 1 aliphatic rings. The molecule has 2 rings (SSSR count). The van der Waals surface area contributed by atoms with Gasteiger partial charge in [-0.3, -0.25) is 9.59 Å². The van der Waals surface area contributed by atoms with Gasteiger partial charge in [0.05, 0.1) is 5.92 Å². The first-order chi connectivity index (χ1) is 8.49. The van der Waals surface area contributed by atoms with Crippen molar-refractivity contribution in [2.75, 3.05) is 0 Å². The van der Waals surface area contributed by atoms with E-state index in [1.807, 2.05) is 26.0 Å². The van der Waals surface area contributed by atoms with Gasteiger partial charge in [0.15, 0.2) is 0 Å². The molecule has 0 spiro atoms. The van der Waals surface area contributed by atoms with Crippen molar-refractivity contribution in [1.82, 2.24) is 5.32 Å². The van der Waals surface area contributed by atoms with Crippen LogP contribution in [0.5, 0.6) is 0 Å². The van der Waals surface area contributed by atoms with Crippen LogP contribution in [0.15, 0.2) is 18.2 Å². The van der Waals surface area contributed by atoms with E-state index in [2.05, 4.69) is 5.32 Å². The Bertz CT molecular complexity index is 490. The molecule has 18 heavy (non-hydrogen) atoms. The second-order valence-corrected chi connectivity index (χ2v) is 4.92. The minimum Gasteiger partial charge on any atom is -0.481 e. The zero-order valence-corrected chi connectivity index (χ0v) is 10.6. The van der Waals surface area contributed by atoms with Crippen LogP contribution in [0.4, 0.5) is 0 Å². The van der Waals surface area contributed by atoms with Gasteiger partial charge in [-0.15, -0.1) is 0 Å². The third-order valence-corrected chi connectivity index (χ3v) is 3.67. The lowest BCUT2D eigenvalue weighted by atomic mass is 9.80. The molecule has 1 fully saturated rings. The van der Waals surface area contributed by atoms with E-state index in [0.717, 1.165) is 11.1 Å². The lowest BCUT2D eigenvalue weighted by Gasteiger charge is -2.33. The molecule has 0 aromatic heterocycles. The predicted octanol–water partition coefficient (Wildman–Crippen LogP) is 1.90. The average Bonchev–Trinajstić information content (AvgIpc) is 2.25. The van der Waals surface area contributed by atoms with E-state index < -0.39 is 5.97 Å². The van der Waals surface area contributed by atoms with Crippen molar-refractivity contribution < 1.29 is 14.7 Å². The van der Waals surface area contributed by atoms with Gasteiger partial charge in [0, 0.05) is 11.6 Å². The SMILES string of the molecule is Cc1cccc(C(=O)NC2CC(C(=O)O)C2)c1C. The summed E-state index contributed by atoms with van der Waals surface area (Å²) in [5, 5.41) is 11.7. The molecule has 0 heterocycles. The zero-order valence-electron chi connectivity index (χ0n) is 10.6. The molecule has 0 aliphatic heterocycles. The Balaban J connectivity index is 1.97. The fourth-order valence-electron chi connectivity index (χ4n) is 2.20. The summed E-state index contributed by atoms with van der Waals surface area (Å²) in [5.41, 5.74) is 2.73. The van der Waals surface area contributed by atoms with Crippen LogP contribution in [-0.4, -0.2) is 23.0 Å². The lowest BCUT2D eigenvalue weighted by molar-refractivity contribution is -0.145. The van der Waals surface area contributed by atoms with Crippen LogP contribution in [-0.2, 0) is 4.79 Å². The monoisotopic (exact) mass is 247 g/mol. The molecule has 0 radical (unpaired) electrons. The molecule has 1 saturated carbocycles. The summed E-state index contributed by atoms with van der Waals surface area (Å²) in [6, 6.07) is 5.62. The molecular weight excluding hydrogens is 230 g/mol. The van der Waals surface area contributed by atoms with Gasteiger partial charge in [0.1, 0.15) is 0 Å². The molecule has 96 valence electrons. The maximum absolute atomic E-state index is 12.0. The Kier molecular flexibility index (Phi) is 3.36. The number of aryl methyl sites for hydroxylation is 1. The summed E-state index contributed by atoms with van der Waals surface area (Å²) >= 11 is 0. The van der Waals surface area contributed by atoms with E-state index in [4.69, 9.17) is 5.11 Å². The third kappa shape index (κ3) is 2.37. The largest absolute Gasteiger partial charge is 0.481 e. The number of carboxylic acids is 1. The van der Waals surface area contributed by atoms with Crippen molar-refractivity contribution in [2.45, 2.75) is 32.7 Å². The van der Waals surface area contributed by atoms with Gasteiger partial charge in [-0.1, -0.05) is 12.1 Å². The molecule has 0 unspecified atom stereocenters. The second kappa shape index (κ2) is 4.80. The maximum Gasteiger partial charge on any atom is 0.306 e. The summed E-state index contributed by atoms with van der Waals surface area (Å²) in [5.74, 6) is -1.17. The second-order valence-electron chi connectivity index (χ2n) is 4.92. The maximum atomic E-state index is 12.0. The van der Waals surface area contributed by atoms with Crippen molar-refractivity contribution in [3.05, 3.63) is 34.9 Å². The highest BCUT2D eigenvalue weighted by molar-refractivity contribution is 5.96. The number of carbonyl (C=O) groups excluding carboxylic acids is 1. The van der Waals surface area contributed by atoms with Crippen LogP contribution in [0.25, 0.3) is 0 Å². The highest BCUT2D eigenvalue weighted by atomic mass is 16.4. The number of nitrogens with one attached hydrogen (secondary N) is 1. The van der Waals surface area contributed by atoms with E-state index in [1.165, 1.54) is 0 Å².